The molecule has 3 heterocycles. The van der Waals surface area contributed by atoms with Gasteiger partial charge in [0.1, 0.15) is 24.0 Å². The summed E-state index contributed by atoms with van der Waals surface area (Å²) < 4.78 is 6.34. The van der Waals surface area contributed by atoms with Crippen LogP contribution < -0.4 is 10.1 Å². The molecule has 3 amide bonds. The molecule has 1 aliphatic rings. The highest BCUT2D eigenvalue weighted by molar-refractivity contribution is 6.07. The topological polar surface area (TPSA) is 136 Å². The van der Waals surface area contributed by atoms with Crippen molar-refractivity contribution in [2.75, 3.05) is 13.1 Å². The van der Waals surface area contributed by atoms with Gasteiger partial charge in [-0.3, -0.25) is 14.4 Å². The van der Waals surface area contributed by atoms with E-state index >= 15 is 0 Å². The van der Waals surface area contributed by atoms with Gasteiger partial charge in [-0.2, -0.15) is 0 Å². The molecule has 0 bridgehead atoms. The number of aromatic amines is 2. The first-order valence-corrected chi connectivity index (χ1v) is 17.7. The van der Waals surface area contributed by atoms with Crippen molar-refractivity contribution < 1.29 is 19.1 Å². The van der Waals surface area contributed by atoms with Crippen LogP contribution in [0.2, 0.25) is 0 Å². The van der Waals surface area contributed by atoms with Gasteiger partial charge in [-0.1, -0.05) is 52.3 Å². The number of rotatable bonds is 15. The van der Waals surface area contributed by atoms with Crippen molar-refractivity contribution in [3.63, 3.8) is 0 Å². The first-order valence-electron chi connectivity index (χ1n) is 17.7. The van der Waals surface area contributed by atoms with E-state index in [-0.39, 0.29) is 24.4 Å². The average Bonchev–Trinajstić information content (AvgIpc) is 3.78. The number of ether oxygens (including phenoxy) is 1. The van der Waals surface area contributed by atoms with Gasteiger partial charge in [-0.15, -0.1) is 0 Å². The minimum atomic E-state index is -0.156. The second-order valence-corrected chi connectivity index (χ2v) is 13.4. The molecule has 0 saturated carbocycles. The third-order valence-electron chi connectivity index (χ3n) is 9.85. The molecule has 262 valence electrons. The fourth-order valence-electron chi connectivity index (χ4n) is 6.59. The Kier molecular flexibility index (Phi) is 10.5. The van der Waals surface area contributed by atoms with Crippen LogP contribution in [0.1, 0.15) is 77.5 Å². The summed E-state index contributed by atoms with van der Waals surface area (Å²) >= 11 is 0. The van der Waals surface area contributed by atoms with E-state index in [0.29, 0.717) is 50.8 Å². The predicted molar refractivity (Wildman–Crippen MR) is 195 cm³/mol. The fraction of sp³-hybridized carbons (Fsp3) is 0.410. The fourth-order valence-corrected chi connectivity index (χ4v) is 6.59. The highest BCUT2D eigenvalue weighted by Gasteiger charge is 2.23. The first-order chi connectivity index (χ1) is 24.2. The Morgan fingerprint density at radius 2 is 1.82 bits per heavy atom. The summed E-state index contributed by atoms with van der Waals surface area (Å²) in [6.07, 6.45) is 5.61. The van der Waals surface area contributed by atoms with Crippen LogP contribution in [0.3, 0.4) is 0 Å². The van der Waals surface area contributed by atoms with E-state index in [0.717, 1.165) is 80.6 Å². The van der Waals surface area contributed by atoms with Crippen LogP contribution in [0, 0.1) is 5.92 Å². The standard InChI is InChI=1S/C39H47N7O4/c1-6-13-45(37(48)14-24(4)7-2)20-35-41-18-33(43-35)27-9-11-29-28(15-27)22-50-34-17-30-26(16-31(29)34)10-12-32-39(30)44-36(42-32)21-46(25(5)8-3)38(49)19-40-23-47/h9-12,15-18,23-25H,6-8,13-14,19-22H2,1-5H3,(H,40,47)(H,41,43)(H,42,44)/t24-,25-/m0/s1. The molecule has 3 aromatic carbocycles. The zero-order valence-electron chi connectivity index (χ0n) is 29.6. The Labute approximate surface area is 292 Å². The van der Waals surface area contributed by atoms with Gasteiger partial charge >= 0.3 is 0 Å². The Balaban J connectivity index is 1.24. The smallest absolute Gasteiger partial charge is 0.242 e. The number of nitrogens with one attached hydrogen (secondary N) is 3. The number of carbonyl (C=O) groups is 3. The van der Waals surface area contributed by atoms with Crippen LogP contribution in [0.4, 0.5) is 0 Å². The van der Waals surface area contributed by atoms with E-state index in [2.05, 4.69) is 77.4 Å². The maximum Gasteiger partial charge on any atom is 0.242 e. The second-order valence-electron chi connectivity index (χ2n) is 13.4. The highest BCUT2D eigenvalue weighted by Crippen LogP contribution is 2.42. The number of hydrogen-bond donors (Lipinski definition) is 3. The van der Waals surface area contributed by atoms with Gasteiger partial charge in [-0.25, -0.2) is 9.97 Å². The number of carbonyl (C=O) groups excluding carboxylic acids is 3. The van der Waals surface area contributed by atoms with Crippen LogP contribution >= 0.6 is 0 Å². The maximum atomic E-state index is 13.0. The molecule has 2 aromatic heterocycles. The van der Waals surface area contributed by atoms with Crippen molar-refractivity contribution >= 4 is 40.0 Å². The van der Waals surface area contributed by atoms with Crippen molar-refractivity contribution in [3.8, 4) is 28.1 Å². The van der Waals surface area contributed by atoms with Crippen molar-refractivity contribution in [3.05, 3.63) is 65.9 Å². The molecule has 50 heavy (non-hydrogen) atoms. The Morgan fingerprint density at radius 3 is 2.58 bits per heavy atom. The normalized spacial score (nSPS) is 13.3. The predicted octanol–water partition coefficient (Wildman–Crippen LogP) is 6.71. The number of fused-ring (bicyclic) bond motifs is 6. The molecule has 11 nitrogen and oxygen atoms in total. The van der Waals surface area contributed by atoms with Crippen LogP contribution in [-0.2, 0) is 34.1 Å². The molecule has 6 rings (SSSR count). The van der Waals surface area contributed by atoms with Gasteiger partial charge in [0.2, 0.25) is 18.2 Å². The third-order valence-corrected chi connectivity index (χ3v) is 9.85. The highest BCUT2D eigenvalue weighted by atomic mass is 16.5. The minimum absolute atomic E-state index is 0.0107. The van der Waals surface area contributed by atoms with E-state index < -0.39 is 0 Å². The average molecular weight is 678 g/mol. The van der Waals surface area contributed by atoms with Crippen molar-refractivity contribution in [2.24, 2.45) is 5.92 Å². The number of aromatic nitrogens is 4. The molecule has 5 aromatic rings. The maximum absolute atomic E-state index is 13.0. The quantitative estimate of drug-likeness (QED) is 0.105. The van der Waals surface area contributed by atoms with Gasteiger partial charge in [0.15, 0.2) is 0 Å². The summed E-state index contributed by atoms with van der Waals surface area (Å²) in [6, 6.07) is 14.7. The number of hydrogen-bond acceptors (Lipinski definition) is 6. The summed E-state index contributed by atoms with van der Waals surface area (Å²) in [5.41, 5.74) is 6.87. The van der Waals surface area contributed by atoms with Crippen LogP contribution in [0.5, 0.6) is 5.75 Å². The monoisotopic (exact) mass is 677 g/mol. The molecule has 0 fully saturated rings. The lowest BCUT2D eigenvalue weighted by Crippen LogP contribution is -2.42. The van der Waals surface area contributed by atoms with Gasteiger partial charge < -0.3 is 29.8 Å². The summed E-state index contributed by atoms with van der Waals surface area (Å²) in [7, 11) is 0. The van der Waals surface area contributed by atoms with Crippen LogP contribution in [-0.4, -0.2) is 67.1 Å². The number of benzene rings is 3. The Morgan fingerprint density at radius 1 is 0.980 bits per heavy atom. The molecule has 1 aliphatic heterocycles. The van der Waals surface area contributed by atoms with Gasteiger partial charge in [0, 0.05) is 30.0 Å². The second kappa shape index (κ2) is 15.1. The summed E-state index contributed by atoms with van der Waals surface area (Å²) in [5, 5.41) is 4.52. The molecular formula is C39H47N7O4. The largest absolute Gasteiger partial charge is 0.488 e. The zero-order valence-corrected chi connectivity index (χ0v) is 29.6. The summed E-state index contributed by atoms with van der Waals surface area (Å²) in [6.45, 7) is 12.2. The SMILES string of the molecule is CCCN(Cc1ncc(-c2ccc3c(c2)COc2cc4c(ccc5nc(CN(C(=O)CNC=O)[C@@H](C)CC)[nH]c54)cc2-3)[nH]1)C(=O)C[C@@H](C)CC. The molecule has 0 aliphatic carbocycles. The van der Waals surface area contributed by atoms with E-state index in [1.807, 2.05) is 31.0 Å². The van der Waals surface area contributed by atoms with E-state index in [1.54, 1.807) is 4.90 Å². The lowest BCUT2D eigenvalue weighted by Gasteiger charge is -2.27. The van der Waals surface area contributed by atoms with Crippen LogP contribution in [0.15, 0.2) is 48.7 Å². The van der Waals surface area contributed by atoms with Crippen molar-refractivity contribution in [1.29, 1.82) is 0 Å². The lowest BCUT2D eigenvalue weighted by atomic mass is 9.92. The molecule has 11 heteroatoms. The number of amides is 3. The van der Waals surface area contributed by atoms with Crippen molar-refractivity contribution in [1.82, 2.24) is 35.1 Å². The summed E-state index contributed by atoms with van der Waals surface area (Å²) in [5.74, 6) is 2.65. The van der Waals surface area contributed by atoms with E-state index in [4.69, 9.17) is 9.72 Å². The van der Waals surface area contributed by atoms with Gasteiger partial charge in [-0.05, 0) is 72.0 Å². The molecule has 0 radical (unpaired) electrons. The third kappa shape index (κ3) is 7.22. The van der Waals surface area contributed by atoms with Crippen LogP contribution in [0.25, 0.3) is 44.2 Å². The Bertz CT molecular complexity index is 2010. The molecule has 2 atom stereocenters. The lowest BCUT2D eigenvalue weighted by molar-refractivity contribution is -0.134. The number of imidazole rings is 2. The molecule has 0 saturated heterocycles. The molecular weight excluding hydrogens is 630 g/mol. The van der Waals surface area contributed by atoms with E-state index in [1.165, 1.54) is 0 Å². The van der Waals surface area contributed by atoms with E-state index in [9.17, 15) is 14.4 Å². The van der Waals surface area contributed by atoms with Gasteiger partial charge in [0.05, 0.1) is 42.6 Å². The zero-order chi connectivity index (χ0) is 35.4. The van der Waals surface area contributed by atoms with Gasteiger partial charge in [0.25, 0.3) is 0 Å². The minimum Gasteiger partial charge on any atom is -0.488 e. The molecule has 0 unspecified atom stereocenters. The van der Waals surface area contributed by atoms with Crippen molar-refractivity contribution in [2.45, 2.75) is 86.0 Å². The first kappa shape index (κ1) is 34.7. The number of H-pyrrole nitrogens is 2. The Hall–Kier alpha value is -5.19. The molecule has 0 spiro atoms. The molecule has 3 N–H and O–H groups in total. The summed E-state index contributed by atoms with van der Waals surface area (Å²) in [4.78, 5) is 56.6. The number of nitrogens with zero attached hydrogens (tertiary/aromatic N) is 4.